The molecular weight excluding hydrogens is 430 g/mol. The molecule has 4 nitrogen and oxygen atoms in total. The highest BCUT2D eigenvalue weighted by Gasteiger charge is 2.38. The van der Waals surface area contributed by atoms with Gasteiger partial charge in [-0.05, 0) is 42.7 Å². The van der Waals surface area contributed by atoms with Crippen LogP contribution in [0.25, 0.3) is 0 Å². The van der Waals surface area contributed by atoms with Crippen molar-refractivity contribution in [1.29, 1.82) is 0 Å². The molecule has 0 radical (unpaired) electrons. The van der Waals surface area contributed by atoms with E-state index in [0.29, 0.717) is 22.0 Å². The average Bonchev–Trinajstić information content (AvgIpc) is 3.01. The van der Waals surface area contributed by atoms with Crippen LogP contribution in [0.15, 0.2) is 71.4 Å². The molecule has 1 amide bonds. The van der Waals surface area contributed by atoms with E-state index in [4.69, 9.17) is 0 Å². The second-order valence-electron chi connectivity index (χ2n) is 6.82. The van der Waals surface area contributed by atoms with Gasteiger partial charge in [-0.25, -0.2) is 4.39 Å². The molecule has 0 N–H and O–H groups in total. The molecule has 0 unspecified atom stereocenters. The molecule has 1 aliphatic rings. The summed E-state index contributed by atoms with van der Waals surface area (Å²) in [5.41, 5.74) is 0.861. The summed E-state index contributed by atoms with van der Waals surface area (Å²) in [6.07, 6.45) is -2.78. The molecule has 0 spiro atoms. The number of benzene rings is 2. The molecule has 0 bridgehead atoms. The van der Waals surface area contributed by atoms with Gasteiger partial charge in [0.15, 0.2) is 5.17 Å². The summed E-state index contributed by atoms with van der Waals surface area (Å²) in [5.74, 6) is -0.634. The molecule has 2 aromatic rings. The molecule has 1 aliphatic heterocycles. The van der Waals surface area contributed by atoms with E-state index in [1.54, 1.807) is 25.1 Å². The van der Waals surface area contributed by atoms with E-state index in [-0.39, 0.29) is 24.7 Å². The quantitative estimate of drug-likeness (QED) is 0.260. The van der Waals surface area contributed by atoms with Crippen LogP contribution in [-0.4, -0.2) is 33.5 Å². The first-order valence-corrected chi connectivity index (χ1v) is 10.2. The van der Waals surface area contributed by atoms with E-state index in [9.17, 15) is 22.4 Å². The van der Waals surface area contributed by atoms with Gasteiger partial charge in [-0.2, -0.15) is 18.3 Å². The van der Waals surface area contributed by atoms with Gasteiger partial charge in [0.25, 0.3) is 0 Å². The number of carbonyl (C=O) groups is 1. The van der Waals surface area contributed by atoms with Crippen LogP contribution in [0.1, 0.15) is 23.6 Å². The molecule has 0 saturated carbocycles. The highest BCUT2D eigenvalue weighted by Crippen LogP contribution is 2.33. The van der Waals surface area contributed by atoms with E-state index in [0.717, 1.165) is 23.9 Å². The summed E-state index contributed by atoms with van der Waals surface area (Å²) in [6, 6.07) is 10.7. The predicted octanol–water partition coefficient (Wildman–Crippen LogP) is 5.30. The maximum absolute atomic E-state index is 13.1. The van der Waals surface area contributed by atoms with E-state index in [2.05, 4.69) is 16.8 Å². The van der Waals surface area contributed by atoms with Gasteiger partial charge in [-0.15, -0.1) is 11.7 Å². The fraction of sp³-hybridized carbons (Fsp3) is 0.227. The van der Waals surface area contributed by atoms with Crippen LogP contribution in [0.2, 0.25) is 0 Å². The third-order valence-corrected chi connectivity index (χ3v) is 5.72. The second kappa shape index (κ2) is 9.47. The molecule has 0 aliphatic carbocycles. The van der Waals surface area contributed by atoms with Crippen LogP contribution in [0.4, 0.5) is 17.6 Å². The normalized spacial score (nSPS) is 18.7. The van der Waals surface area contributed by atoms with Crippen molar-refractivity contribution in [3.63, 3.8) is 0 Å². The minimum atomic E-state index is -4.45. The molecule has 1 fully saturated rings. The minimum absolute atomic E-state index is 0.126. The predicted molar refractivity (Wildman–Crippen MR) is 114 cm³/mol. The number of rotatable bonds is 6. The van der Waals surface area contributed by atoms with Gasteiger partial charge in [0.2, 0.25) is 5.91 Å². The summed E-state index contributed by atoms with van der Waals surface area (Å²) >= 11 is 1.14. The monoisotopic (exact) mass is 449 g/mol. The average molecular weight is 449 g/mol. The number of carbonyl (C=O) groups excluding carboxylic acids is 1. The second-order valence-corrected chi connectivity index (χ2v) is 7.99. The maximum Gasteiger partial charge on any atom is 0.416 e. The zero-order valence-electron chi connectivity index (χ0n) is 16.6. The lowest BCUT2D eigenvalue weighted by Gasteiger charge is -2.13. The first-order chi connectivity index (χ1) is 14.7. The molecular formula is C22H19F4N3OS. The van der Waals surface area contributed by atoms with Crippen LogP contribution in [0.3, 0.4) is 0 Å². The lowest BCUT2D eigenvalue weighted by Crippen LogP contribution is -2.32. The van der Waals surface area contributed by atoms with Gasteiger partial charge >= 0.3 is 6.18 Å². The molecule has 1 saturated heterocycles. The van der Waals surface area contributed by atoms with Gasteiger partial charge in [0, 0.05) is 6.54 Å². The van der Waals surface area contributed by atoms with Gasteiger partial charge in [-0.1, -0.05) is 48.2 Å². The molecule has 2 aromatic carbocycles. The number of halogens is 4. The molecule has 31 heavy (non-hydrogen) atoms. The van der Waals surface area contributed by atoms with Gasteiger partial charge < -0.3 is 0 Å². The zero-order valence-corrected chi connectivity index (χ0v) is 17.4. The lowest BCUT2D eigenvalue weighted by atomic mass is 10.1. The standard InChI is InChI=1S/C22H19F4N3OS/c1-3-11-29-20(30)19(13-15-5-4-6-17(12-15)22(24,25)26)31-21(29)28-27-14(2)16-7-9-18(23)10-8-16/h3-10,12,19H,1,11,13H2,2H3/b27-14+,28-21+/t19-/m1/s1. The van der Waals surface area contributed by atoms with Crippen LogP contribution < -0.4 is 0 Å². The lowest BCUT2D eigenvalue weighted by molar-refractivity contribution is -0.137. The van der Waals surface area contributed by atoms with E-state index < -0.39 is 17.0 Å². The Balaban J connectivity index is 1.82. The first-order valence-electron chi connectivity index (χ1n) is 9.32. The largest absolute Gasteiger partial charge is 0.416 e. The fourth-order valence-electron chi connectivity index (χ4n) is 2.97. The van der Waals surface area contributed by atoms with E-state index >= 15 is 0 Å². The van der Waals surface area contributed by atoms with Crippen LogP contribution in [-0.2, 0) is 17.4 Å². The van der Waals surface area contributed by atoms with Crippen LogP contribution >= 0.6 is 11.8 Å². The summed E-state index contributed by atoms with van der Waals surface area (Å²) in [4.78, 5) is 14.2. The highest BCUT2D eigenvalue weighted by molar-refractivity contribution is 8.15. The number of amides is 1. The highest BCUT2D eigenvalue weighted by atomic mass is 32.2. The van der Waals surface area contributed by atoms with Crippen molar-refractivity contribution < 1.29 is 22.4 Å². The Morgan fingerprint density at radius 2 is 1.94 bits per heavy atom. The summed E-state index contributed by atoms with van der Waals surface area (Å²) < 4.78 is 52.0. The maximum atomic E-state index is 13.1. The van der Waals surface area contributed by atoms with Crippen molar-refractivity contribution in [1.82, 2.24) is 4.90 Å². The van der Waals surface area contributed by atoms with Gasteiger partial charge in [-0.3, -0.25) is 9.69 Å². The van der Waals surface area contributed by atoms with Crippen molar-refractivity contribution in [2.45, 2.75) is 24.8 Å². The Labute approximate surface area is 181 Å². The Morgan fingerprint density at radius 1 is 1.23 bits per heavy atom. The topological polar surface area (TPSA) is 45.0 Å². The smallest absolute Gasteiger partial charge is 0.285 e. The molecule has 162 valence electrons. The molecule has 1 atom stereocenters. The van der Waals surface area contributed by atoms with E-state index in [1.807, 2.05) is 0 Å². The van der Waals surface area contributed by atoms with Gasteiger partial charge in [0.05, 0.1) is 16.5 Å². The Kier molecular flexibility index (Phi) is 6.94. The zero-order chi connectivity index (χ0) is 22.6. The summed E-state index contributed by atoms with van der Waals surface area (Å²) in [5, 5.41) is 8.03. The molecule has 9 heteroatoms. The fourth-order valence-corrected chi connectivity index (χ4v) is 4.11. The van der Waals surface area contributed by atoms with Crippen LogP contribution in [0, 0.1) is 5.82 Å². The first kappa shape index (κ1) is 22.7. The van der Waals surface area contributed by atoms with Crippen molar-refractivity contribution in [2.24, 2.45) is 10.2 Å². The minimum Gasteiger partial charge on any atom is -0.285 e. The number of amidine groups is 1. The molecule has 3 rings (SSSR count). The number of alkyl halides is 3. The molecule has 1 heterocycles. The Morgan fingerprint density at radius 3 is 2.58 bits per heavy atom. The summed E-state index contributed by atoms with van der Waals surface area (Å²) in [6.45, 7) is 5.55. The molecule has 0 aromatic heterocycles. The third kappa shape index (κ3) is 5.61. The number of hydrogen-bond acceptors (Lipinski definition) is 4. The third-order valence-electron chi connectivity index (χ3n) is 4.55. The van der Waals surface area contributed by atoms with Crippen molar-refractivity contribution in [2.75, 3.05) is 6.54 Å². The van der Waals surface area contributed by atoms with Gasteiger partial charge in [0.1, 0.15) is 5.82 Å². The number of nitrogens with zero attached hydrogens (tertiary/aromatic N) is 3. The number of hydrogen-bond donors (Lipinski definition) is 0. The van der Waals surface area contributed by atoms with Crippen molar-refractivity contribution in [3.8, 4) is 0 Å². The van der Waals surface area contributed by atoms with Crippen molar-refractivity contribution >= 4 is 28.5 Å². The SMILES string of the molecule is C=CCN1C(=O)[C@@H](Cc2cccc(C(F)(F)F)c2)S/C1=N/N=C(\C)c1ccc(F)cc1. The van der Waals surface area contributed by atoms with Crippen molar-refractivity contribution in [3.05, 3.63) is 83.7 Å². The number of thioether (sulfide) groups is 1. The Hall–Kier alpha value is -2.94. The van der Waals surface area contributed by atoms with E-state index in [1.165, 1.54) is 29.2 Å². The summed E-state index contributed by atoms with van der Waals surface area (Å²) in [7, 11) is 0. The van der Waals surface area contributed by atoms with Crippen LogP contribution in [0.5, 0.6) is 0 Å². The Bertz CT molecular complexity index is 1030.